The number of allylic oxidation sites excluding steroid dienone is 1. The Bertz CT molecular complexity index is 651. The maximum atomic E-state index is 11.1. The van der Waals surface area contributed by atoms with Crippen LogP contribution in [-0.4, -0.2) is 38.5 Å². The van der Waals surface area contributed by atoms with Gasteiger partial charge in [-0.2, -0.15) is 0 Å². The van der Waals surface area contributed by atoms with Gasteiger partial charge in [0.05, 0.1) is 19.3 Å². The lowest BCUT2D eigenvalue weighted by molar-refractivity contribution is -0.252. The van der Waals surface area contributed by atoms with E-state index >= 15 is 0 Å². The summed E-state index contributed by atoms with van der Waals surface area (Å²) < 4.78 is 18.6. The normalized spacial score (nSPS) is 26.6. The maximum Gasteiger partial charge on any atom is 0.192 e. The van der Waals surface area contributed by atoms with E-state index in [1.807, 2.05) is 30.3 Å². The van der Waals surface area contributed by atoms with Crippen LogP contribution in [0.2, 0.25) is 18.1 Å². The number of ether oxygens (including phenoxy) is 2. The minimum atomic E-state index is -1.99. The highest BCUT2D eigenvalue weighted by molar-refractivity contribution is 6.74. The number of benzene rings is 1. The van der Waals surface area contributed by atoms with Gasteiger partial charge in [0, 0.05) is 5.92 Å². The minimum Gasteiger partial charge on any atom is -0.411 e. The van der Waals surface area contributed by atoms with E-state index in [9.17, 15) is 5.11 Å². The van der Waals surface area contributed by atoms with E-state index in [4.69, 9.17) is 13.9 Å². The van der Waals surface area contributed by atoms with Crippen LogP contribution >= 0.6 is 0 Å². The molecular weight excluding hydrogens is 380 g/mol. The number of hydrogen-bond donors (Lipinski definition) is 1. The van der Waals surface area contributed by atoms with Crippen LogP contribution in [0.1, 0.15) is 53.0 Å². The molecular formula is C24H40O4Si. The molecule has 1 aliphatic rings. The highest BCUT2D eigenvalue weighted by Crippen LogP contribution is 2.40. The van der Waals surface area contributed by atoms with Crippen LogP contribution in [0.15, 0.2) is 42.0 Å². The van der Waals surface area contributed by atoms with Gasteiger partial charge in [0.15, 0.2) is 14.6 Å². The number of aliphatic hydroxyl groups excluding tert-OH is 1. The first-order valence-corrected chi connectivity index (χ1v) is 13.8. The van der Waals surface area contributed by atoms with Gasteiger partial charge in [0.2, 0.25) is 0 Å². The zero-order valence-corrected chi connectivity index (χ0v) is 20.3. The SMILES string of the molecule is CCC/C(C)=C/[C@H]1[C@H](O)[C@@H](OCc2ccccc2)OC[C@@H]1O[Si](C)(C)C(C)(C)C. The van der Waals surface area contributed by atoms with Gasteiger partial charge in [0.1, 0.15) is 6.10 Å². The van der Waals surface area contributed by atoms with Crippen molar-refractivity contribution in [2.75, 3.05) is 6.61 Å². The average molecular weight is 421 g/mol. The minimum absolute atomic E-state index is 0.103. The molecule has 0 saturated carbocycles. The summed E-state index contributed by atoms with van der Waals surface area (Å²) in [5.74, 6) is -0.134. The monoisotopic (exact) mass is 420 g/mol. The van der Waals surface area contributed by atoms with Crippen LogP contribution in [0.4, 0.5) is 0 Å². The average Bonchev–Trinajstić information content (AvgIpc) is 2.64. The van der Waals surface area contributed by atoms with Crippen molar-refractivity contribution in [3.05, 3.63) is 47.5 Å². The molecule has 1 aromatic rings. The molecule has 1 heterocycles. The van der Waals surface area contributed by atoms with E-state index in [-0.39, 0.29) is 17.1 Å². The fraction of sp³-hybridized carbons (Fsp3) is 0.667. The van der Waals surface area contributed by atoms with E-state index in [1.54, 1.807) is 0 Å². The Morgan fingerprint density at radius 2 is 1.90 bits per heavy atom. The lowest BCUT2D eigenvalue weighted by Crippen LogP contribution is -2.55. The largest absolute Gasteiger partial charge is 0.411 e. The van der Waals surface area contributed by atoms with Gasteiger partial charge in [-0.3, -0.25) is 0 Å². The van der Waals surface area contributed by atoms with Crippen molar-refractivity contribution < 1.29 is 19.0 Å². The molecule has 4 atom stereocenters. The number of hydrogen-bond acceptors (Lipinski definition) is 4. The fourth-order valence-electron chi connectivity index (χ4n) is 3.38. The van der Waals surface area contributed by atoms with Crippen molar-refractivity contribution in [2.45, 2.75) is 90.7 Å². The molecule has 2 rings (SSSR count). The summed E-state index contributed by atoms with van der Waals surface area (Å²) in [5, 5.41) is 11.2. The molecule has 1 saturated heterocycles. The molecule has 0 amide bonds. The second-order valence-corrected chi connectivity index (χ2v) is 14.5. The van der Waals surface area contributed by atoms with E-state index < -0.39 is 20.7 Å². The predicted octanol–water partition coefficient (Wildman–Crippen LogP) is 5.67. The van der Waals surface area contributed by atoms with Crippen molar-refractivity contribution in [3.63, 3.8) is 0 Å². The van der Waals surface area contributed by atoms with Crippen LogP contribution in [0, 0.1) is 5.92 Å². The van der Waals surface area contributed by atoms with E-state index in [1.165, 1.54) is 5.57 Å². The molecule has 164 valence electrons. The van der Waals surface area contributed by atoms with Crippen molar-refractivity contribution >= 4 is 8.32 Å². The van der Waals surface area contributed by atoms with Gasteiger partial charge in [-0.15, -0.1) is 0 Å². The zero-order chi connectivity index (χ0) is 21.7. The van der Waals surface area contributed by atoms with Crippen LogP contribution in [0.3, 0.4) is 0 Å². The molecule has 0 unspecified atom stereocenters. The van der Waals surface area contributed by atoms with Gasteiger partial charge in [0.25, 0.3) is 0 Å². The summed E-state index contributed by atoms with van der Waals surface area (Å²) in [4.78, 5) is 0. The standard InChI is InChI=1S/C24H40O4Si/c1-8-12-18(2)15-20-21(28-29(6,7)24(3,4)5)17-27-23(22(20)25)26-16-19-13-10-9-11-14-19/h9-11,13-15,20-23,25H,8,12,16-17H2,1-7H3/b18-15+/t20-,21+,22+,23+/m1/s1. The molecule has 0 aliphatic carbocycles. The molecule has 1 aliphatic heterocycles. The maximum absolute atomic E-state index is 11.1. The first kappa shape index (κ1) is 24.3. The first-order valence-electron chi connectivity index (χ1n) is 10.9. The third-order valence-electron chi connectivity index (χ3n) is 6.16. The Labute approximate surface area is 178 Å². The van der Waals surface area contributed by atoms with Gasteiger partial charge < -0.3 is 19.0 Å². The molecule has 4 nitrogen and oxygen atoms in total. The molecule has 0 radical (unpaired) electrons. The topological polar surface area (TPSA) is 47.9 Å². The zero-order valence-electron chi connectivity index (χ0n) is 19.3. The molecule has 1 N–H and O–H groups in total. The van der Waals surface area contributed by atoms with E-state index in [2.05, 4.69) is 53.8 Å². The summed E-state index contributed by atoms with van der Waals surface area (Å²) >= 11 is 0. The van der Waals surface area contributed by atoms with Crippen molar-refractivity contribution in [1.29, 1.82) is 0 Å². The Balaban J connectivity index is 2.16. The smallest absolute Gasteiger partial charge is 0.192 e. The summed E-state index contributed by atoms with van der Waals surface area (Å²) in [6, 6.07) is 9.98. The Morgan fingerprint density at radius 1 is 1.24 bits per heavy atom. The lowest BCUT2D eigenvalue weighted by atomic mass is 9.90. The molecule has 5 heteroatoms. The Kier molecular flexibility index (Phi) is 8.68. The van der Waals surface area contributed by atoms with Crippen LogP contribution in [0.25, 0.3) is 0 Å². The van der Waals surface area contributed by atoms with E-state index in [0.29, 0.717) is 13.2 Å². The summed E-state index contributed by atoms with van der Waals surface area (Å²) in [5.41, 5.74) is 2.35. The van der Waals surface area contributed by atoms with Crippen LogP contribution in [-0.2, 0) is 20.5 Å². The highest BCUT2D eigenvalue weighted by atomic mass is 28.4. The van der Waals surface area contributed by atoms with Crippen molar-refractivity contribution in [1.82, 2.24) is 0 Å². The second kappa shape index (κ2) is 10.4. The third-order valence-corrected chi connectivity index (χ3v) is 10.7. The number of rotatable bonds is 8. The third kappa shape index (κ3) is 6.76. The molecule has 0 bridgehead atoms. The van der Waals surface area contributed by atoms with Crippen molar-refractivity contribution in [2.24, 2.45) is 5.92 Å². The van der Waals surface area contributed by atoms with Crippen molar-refractivity contribution in [3.8, 4) is 0 Å². The van der Waals surface area contributed by atoms with E-state index in [0.717, 1.165) is 18.4 Å². The number of aliphatic hydroxyl groups is 1. The summed E-state index contributed by atoms with van der Waals surface area (Å²) in [6.07, 6.45) is 2.73. The Morgan fingerprint density at radius 3 is 2.48 bits per heavy atom. The predicted molar refractivity (Wildman–Crippen MR) is 121 cm³/mol. The summed E-state index contributed by atoms with van der Waals surface area (Å²) in [6.45, 7) is 16.4. The quantitative estimate of drug-likeness (QED) is 0.434. The highest BCUT2D eigenvalue weighted by Gasteiger charge is 2.45. The fourth-order valence-corrected chi connectivity index (χ4v) is 4.72. The Hall–Kier alpha value is -0.983. The summed E-state index contributed by atoms with van der Waals surface area (Å²) in [7, 11) is -1.99. The molecule has 0 spiro atoms. The van der Waals surface area contributed by atoms with Gasteiger partial charge in [-0.05, 0) is 37.0 Å². The van der Waals surface area contributed by atoms with Crippen LogP contribution < -0.4 is 0 Å². The molecule has 0 aromatic heterocycles. The molecule has 1 aromatic carbocycles. The van der Waals surface area contributed by atoms with Gasteiger partial charge >= 0.3 is 0 Å². The lowest BCUT2D eigenvalue weighted by Gasteiger charge is -2.45. The van der Waals surface area contributed by atoms with Crippen LogP contribution in [0.5, 0.6) is 0 Å². The van der Waals surface area contributed by atoms with Gasteiger partial charge in [-0.25, -0.2) is 0 Å². The molecule has 29 heavy (non-hydrogen) atoms. The van der Waals surface area contributed by atoms with Gasteiger partial charge in [-0.1, -0.05) is 76.1 Å². The first-order chi connectivity index (χ1) is 13.5. The molecule has 1 fully saturated rings. The second-order valence-electron chi connectivity index (χ2n) is 9.75.